The van der Waals surface area contributed by atoms with E-state index in [1.807, 2.05) is 24.3 Å². The molecule has 26 heavy (non-hydrogen) atoms. The molecule has 1 aliphatic heterocycles. The number of benzene rings is 2. The maximum absolute atomic E-state index is 13.6. The molecule has 0 spiro atoms. The molecule has 0 atom stereocenters. The summed E-state index contributed by atoms with van der Waals surface area (Å²) >= 11 is 0. The van der Waals surface area contributed by atoms with Gasteiger partial charge < -0.3 is 9.31 Å². The second-order valence-corrected chi connectivity index (χ2v) is 7.47. The molecule has 0 aromatic heterocycles. The standard InChI is InChI=1S/C18H17BFNO4S/c1-13-14(2)25-19(24-13)16-9-7-15(8-10-16)11-12-21-26(22,23)18-6-4-3-5-17(18)20/h3-10,21H,1-2,11-12H2. The smallest absolute Gasteiger partial charge is 0.520 e. The molecule has 134 valence electrons. The Labute approximate surface area is 152 Å². The Morgan fingerprint density at radius 2 is 1.62 bits per heavy atom. The first-order chi connectivity index (χ1) is 12.4. The first-order valence-electron chi connectivity index (χ1n) is 7.91. The summed E-state index contributed by atoms with van der Waals surface area (Å²) in [6.45, 7) is 7.52. The lowest BCUT2D eigenvalue weighted by Gasteiger charge is -2.08. The lowest BCUT2D eigenvalue weighted by atomic mass is 9.79. The lowest BCUT2D eigenvalue weighted by Crippen LogP contribution is -2.31. The highest BCUT2D eigenvalue weighted by atomic mass is 32.2. The van der Waals surface area contributed by atoms with Crippen LogP contribution in [0.3, 0.4) is 0 Å². The molecule has 0 radical (unpaired) electrons. The van der Waals surface area contributed by atoms with Crippen LogP contribution in [0.4, 0.5) is 4.39 Å². The molecule has 5 nitrogen and oxygen atoms in total. The fourth-order valence-corrected chi connectivity index (χ4v) is 3.57. The van der Waals surface area contributed by atoms with E-state index in [1.54, 1.807) is 0 Å². The van der Waals surface area contributed by atoms with Gasteiger partial charge in [-0.3, -0.25) is 0 Å². The summed E-state index contributed by atoms with van der Waals surface area (Å²) in [4.78, 5) is -0.355. The second kappa shape index (κ2) is 7.35. The first kappa shape index (κ1) is 18.2. The van der Waals surface area contributed by atoms with E-state index in [4.69, 9.17) is 9.31 Å². The number of halogens is 1. The second-order valence-electron chi connectivity index (χ2n) is 5.73. The first-order valence-corrected chi connectivity index (χ1v) is 9.39. The third-order valence-corrected chi connectivity index (χ3v) is 5.39. The average molecular weight is 373 g/mol. The molecule has 1 saturated heterocycles. The van der Waals surface area contributed by atoms with Crippen molar-refractivity contribution in [1.29, 1.82) is 0 Å². The van der Waals surface area contributed by atoms with Crippen LogP contribution in [-0.4, -0.2) is 22.1 Å². The van der Waals surface area contributed by atoms with E-state index in [-0.39, 0.29) is 11.4 Å². The summed E-state index contributed by atoms with van der Waals surface area (Å²) in [6, 6.07) is 12.6. The van der Waals surface area contributed by atoms with Gasteiger partial charge >= 0.3 is 7.12 Å². The van der Waals surface area contributed by atoms with Crippen LogP contribution in [-0.2, 0) is 25.8 Å². The van der Waals surface area contributed by atoms with E-state index >= 15 is 0 Å². The monoisotopic (exact) mass is 373 g/mol. The minimum atomic E-state index is -3.88. The third kappa shape index (κ3) is 3.97. The molecule has 1 N–H and O–H groups in total. The van der Waals surface area contributed by atoms with Crippen LogP contribution >= 0.6 is 0 Å². The Morgan fingerprint density at radius 3 is 2.23 bits per heavy atom. The summed E-state index contributed by atoms with van der Waals surface area (Å²) < 4.78 is 51.2. The number of sulfonamides is 1. The molecule has 0 saturated carbocycles. The minimum Gasteiger partial charge on any atom is -0.520 e. The SMILES string of the molecule is C=C1OB(c2ccc(CCNS(=O)(=O)c3ccccc3F)cc2)OC1=C. The quantitative estimate of drug-likeness (QED) is 0.788. The molecule has 3 rings (SSSR count). The maximum atomic E-state index is 13.6. The number of nitrogens with one attached hydrogen (secondary N) is 1. The molecular weight excluding hydrogens is 356 g/mol. The fraction of sp³-hybridized carbons (Fsp3) is 0.111. The van der Waals surface area contributed by atoms with Crippen LogP contribution < -0.4 is 10.2 Å². The Hall–Kier alpha value is -2.58. The van der Waals surface area contributed by atoms with Crippen LogP contribution in [0.1, 0.15) is 5.56 Å². The molecule has 1 heterocycles. The normalized spacial score (nSPS) is 14.3. The van der Waals surface area contributed by atoms with Gasteiger partial charge in [-0.05, 0) is 24.1 Å². The lowest BCUT2D eigenvalue weighted by molar-refractivity contribution is 0.431. The van der Waals surface area contributed by atoms with Crippen LogP contribution in [0, 0.1) is 5.82 Å². The Bertz CT molecular complexity index is 928. The largest absolute Gasteiger partial charge is 0.632 e. The molecule has 0 unspecified atom stereocenters. The Kier molecular flexibility index (Phi) is 5.15. The highest BCUT2D eigenvalue weighted by molar-refractivity contribution is 7.89. The number of rotatable bonds is 6. The summed E-state index contributed by atoms with van der Waals surface area (Å²) in [5.74, 6) is 0.0346. The zero-order valence-electron chi connectivity index (χ0n) is 13.9. The van der Waals surface area contributed by atoms with Crippen LogP contribution in [0.25, 0.3) is 0 Å². The molecule has 0 amide bonds. The van der Waals surface area contributed by atoms with E-state index in [0.29, 0.717) is 17.9 Å². The third-order valence-electron chi connectivity index (χ3n) is 3.89. The van der Waals surface area contributed by atoms with E-state index in [9.17, 15) is 12.8 Å². The predicted octanol–water partition coefficient (Wildman–Crippen LogP) is 2.12. The summed E-state index contributed by atoms with van der Waals surface area (Å²) in [6.07, 6.45) is 0.458. The summed E-state index contributed by atoms with van der Waals surface area (Å²) in [7, 11) is -4.45. The molecule has 1 aliphatic rings. The highest BCUT2D eigenvalue weighted by Crippen LogP contribution is 2.20. The van der Waals surface area contributed by atoms with Crippen LogP contribution in [0.15, 0.2) is 78.1 Å². The maximum Gasteiger partial charge on any atom is 0.632 e. The average Bonchev–Trinajstić information content (AvgIpc) is 2.94. The van der Waals surface area contributed by atoms with Crippen molar-refractivity contribution in [3.63, 3.8) is 0 Å². The summed E-state index contributed by atoms with van der Waals surface area (Å²) in [5, 5.41) is 0. The van der Waals surface area contributed by atoms with Crippen molar-refractivity contribution < 1.29 is 22.1 Å². The molecule has 1 fully saturated rings. The Morgan fingerprint density at radius 1 is 1.00 bits per heavy atom. The van der Waals surface area contributed by atoms with Gasteiger partial charge in [-0.25, -0.2) is 17.5 Å². The minimum absolute atomic E-state index is 0.153. The molecular formula is C18H17BFNO4S. The van der Waals surface area contributed by atoms with Gasteiger partial charge in [-0.1, -0.05) is 49.6 Å². The van der Waals surface area contributed by atoms with Crippen molar-refractivity contribution >= 4 is 22.6 Å². The van der Waals surface area contributed by atoms with Gasteiger partial charge in [-0.2, -0.15) is 0 Å². The van der Waals surface area contributed by atoms with E-state index in [1.165, 1.54) is 18.2 Å². The fourth-order valence-electron chi connectivity index (χ4n) is 2.46. The number of hydrogen-bond donors (Lipinski definition) is 1. The van der Waals surface area contributed by atoms with Gasteiger partial charge in [0.2, 0.25) is 10.0 Å². The van der Waals surface area contributed by atoms with Crippen LogP contribution in [0.5, 0.6) is 0 Å². The van der Waals surface area contributed by atoms with Crippen molar-refractivity contribution in [2.75, 3.05) is 6.54 Å². The van der Waals surface area contributed by atoms with Gasteiger partial charge in [0.1, 0.15) is 22.2 Å². The van der Waals surface area contributed by atoms with Gasteiger partial charge in [0.05, 0.1) is 0 Å². The summed E-state index contributed by atoms with van der Waals surface area (Å²) in [5.41, 5.74) is 1.72. The molecule has 8 heteroatoms. The topological polar surface area (TPSA) is 64.6 Å². The van der Waals surface area contributed by atoms with Crippen molar-refractivity contribution in [1.82, 2.24) is 4.72 Å². The van der Waals surface area contributed by atoms with Crippen LogP contribution in [0.2, 0.25) is 0 Å². The zero-order chi connectivity index (χ0) is 18.7. The predicted molar refractivity (Wildman–Crippen MR) is 97.6 cm³/mol. The molecule has 2 aromatic carbocycles. The van der Waals surface area contributed by atoms with Crippen molar-refractivity contribution in [3.8, 4) is 0 Å². The van der Waals surface area contributed by atoms with Gasteiger partial charge in [0.15, 0.2) is 0 Å². The van der Waals surface area contributed by atoms with Gasteiger partial charge in [0.25, 0.3) is 0 Å². The van der Waals surface area contributed by atoms with Crippen molar-refractivity contribution in [2.45, 2.75) is 11.3 Å². The van der Waals surface area contributed by atoms with E-state index in [0.717, 1.165) is 17.1 Å². The number of hydrogen-bond acceptors (Lipinski definition) is 4. The van der Waals surface area contributed by atoms with Crippen molar-refractivity contribution in [2.24, 2.45) is 0 Å². The van der Waals surface area contributed by atoms with E-state index < -0.39 is 23.0 Å². The van der Waals surface area contributed by atoms with Gasteiger partial charge in [-0.15, -0.1) is 0 Å². The highest BCUT2D eigenvalue weighted by Gasteiger charge is 2.34. The zero-order valence-corrected chi connectivity index (χ0v) is 14.8. The van der Waals surface area contributed by atoms with Crippen molar-refractivity contribution in [3.05, 3.63) is 84.6 Å². The molecule has 2 aromatic rings. The van der Waals surface area contributed by atoms with E-state index in [2.05, 4.69) is 17.9 Å². The molecule has 0 aliphatic carbocycles. The molecule has 0 bridgehead atoms. The Balaban J connectivity index is 1.58. The van der Waals surface area contributed by atoms with Gasteiger partial charge in [0, 0.05) is 12.0 Å².